The first-order valence-electron chi connectivity index (χ1n) is 5.97. The van der Waals surface area contributed by atoms with E-state index in [1.807, 2.05) is 11.2 Å². The normalized spacial score (nSPS) is 32.6. The van der Waals surface area contributed by atoms with Crippen LogP contribution in [0, 0.1) is 5.92 Å². The average Bonchev–Trinajstić information content (AvgIpc) is 2.17. The molecule has 0 radical (unpaired) electrons. The lowest BCUT2D eigenvalue weighted by Gasteiger charge is -2.49. The van der Waals surface area contributed by atoms with Crippen LogP contribution in [0.2, 0.25) is 0 Å². The van der Waals surface area contributed by atoms with Crippen LogP contribution in [-0.4, -0.2) is 53.6 Å². The minimum atomic E-state index is -2.54. The number of rotatable bonds is 3. The van der Waals surface area contributed by atoms with Gasteiger partial charge < -0.3 is 0 Å². The van der Waals surface area contributed by atoms with Gasteiger partial charge in [-0.15, -0.1) is 0 Å². The van der Waals surface area contributed by atoms with Gasteiger partial charge in [0.25, 0.3) is 5.92 Å². The maximum atomic E-state index is 13.9. The first kappa shape index (κ1) is 12.6. The second kappa shape index (κ2) is 4.78. The van der Waals surface area contributed by atoms with E-state index in [0.29, 0.717) is 12.3 Å². The monoisotopic (exact) mass is 250 g/mol. The third-order valence-corrected chi connectivity index (χ3v) is 4.62. The molecule has 0 aromatic heterocycles. The molecule has 2 heterocycles. The van der Waals surface area contributed by atoms with Crippen LogP contribution in [0.25, 0.3) is 0 Å². The minimum absolute atomic E-state index is 0.0911. The largest absolute Gasteiger partial charge is 0.294 e. The van der Waals surface area contributed by atoms with E-state index in [2.05, 4.69) is 6.92 Å². The van der Waals surface area contributed by atoms with Gasteiger partial charge in [0.1, 0.15) is 0 Å². The maximum absolute atomic E-state index is 13.9. The van der Waals surface area contributed by atoms with Crippen LogP contribution < -0.4 is 0 Å². The molecule has 16 heavy (non-hydrogen) atoms. The summed E-state index contributed by atoms with van der Waals surface area (Å²) < 4.78 is 29.6. The van der Waals surface area contributed by atoms with Gasteiger partial charge in [0.2, 0.25) is 0 Å². The lowest BCUT2D eigenvalue weighted by atomic mass is 9.90. The zero-order valence-electron chi connectivity index (χ0n) is 9.96. The number of hydrogen-bond donors (Lipinski definition) is 0. The van der Waals surface area contributed by atoms with E-state index >= 15 is 0 Å². The van der Waals surface area contributed by atoms with Gasteiger partial charge in [0.15, 0.2) is 0 Å². The van der Waals surface area contributed by atoms with Crippen molar-refractivity contribution in [1.29, 1.82) is 0 Å². The molecule has 0 aliphatic carbocycles. The fourth-order valence-corrected chi connectivity index (χ4v) is 3.21. The highest BCUT2D eigenvalue weighted by Gasteiger charge is 2.49. The number of halogens is 2. The molecule has 1 atom stereocenters. The van der Waals surface area contributed by atoms with Crippen molar-refractivity contribution >= 4 is 11.9 Å². The molecular weight excluding hydrogens is 230 g/mol. The summed E-state index contributed by atoms with van der Waals surface area (Å²) in [5.41, 5.74) is 0. The van der Waals surface area contributed by atoms with E-state index in [4.69, 9.17) is 0 Å². The molecule has 2 aliphatic rings. The maximum Gasteiger partial charge on any atom is 0.276 e. The summed E-state index contributed by atoms with van der Waals surface area (Å²) in [5, 5.41) is 0. The van der Waals surface area contributed by atoms with Crippen molar-refractivity contribution in [3.8, 4) is 0 Å². The number of nitrogens with zero attached hydrogens (tertiary/aromatic N) is 2. The first-order valence-corrected chi connectivity index (χ1v) is 7.16. The SMILES string of the molecule is CCC1CN(C2CCN(SC)CC2(F)F)C1. The van der Waals surface area contributed by atoms with E-state index in [1.54, 1.807) is 4.31 Å². The Morgan fingerprint density at radius 1 is 1.38 bits per heavy atom. The summed E-state index contributed by atoms with van der Waals surface area (Å²) in [6, 6.07) is -0.515. The highest BCUT2D eigenvalue weighted by Crippen LogP contribution is 2.36. The molecule has 2 rings (SSSR count). The molecule has 2 fully saturated rings. The van der Waals surface area contributed by atoms with E-state index in [1.165, 1.54) is 11.9 Å². The summed E-state index contributed by atoms with van der Waals surface area (Å²) in [6.45, 7) is 4.57. The van der Waals surface area contributed by atoms with Crippen molar-refractivity contribution in [3.63, 3.8) is 0 Å². The van der Waals surface area contributed by atoms with Gasteiger partial charge in [-0.2, -0.15) is 0 Å². The Morgan fingerprint density at radius 3 is 2.56 bits per heavy atom. The molecule has 2 aliphatic heterocycles. The highest BCUT2D eigenvalue weighted by atomic mass is 32.2. The minimum Gasteiger partial charge on any atom is -0.294 e. The molecule has 2 saturated heterocycles. The van der Waals surface area contributed by atoms with Gasteiger partial charge in [0.05, 0.1) is 12.6 Å². The summed E-state index contributed by atoms with van der Waals surface area (Å²) in [5.74, 6) is -1.89. The van der Waals surface area contributed by atoms with Gasteiger partial charge in [-0.1, -0.05) is 25.3 Å². The smallest absolute Gasteiger partial charge is 0.276 e. The zero-order chi connectivity index (χ0) is 11.8. The molecule has 2 nitrogen and oxygen atoms in total. The molecule has 0 bridgehead atoms. The Hall–Kier alpha value is 0.130. The zero-order valence-corrected chi connectivity index (χ0v) is 10.8. The first-order chi connectivity index (χ1) is 7.56. The summed E-state index contributed by atoms with van der Waals surface area (Å²) in [7, 11) is 0. The van der Waals surface area contributed by atoms with E-state index in [0.717, 1.165) is 26.1 Å². The van der Waals surface area contributed by atoms with Crippen LogP contribution in [0.5, 0.6) is 0 Å². The number of hydrogen-bond acceptors (Lipinski definition) is 3. The van der Waals surface area contributed by atoms with Crippen molar-refractivity contribution in [1.82, 2.24) is 9.21 Å². The molecule has 0 N–H and O–H groups in total. The van der Waals surface area contributed by atoms with Crippen molar-refractivity contribution in [3.05, 3.63) is 0 Å². The average molecular weight is 250 g/mol. The van der Waals surface area contributed by atoms with Crippen LogP contribution in [0.4, 0.5) is 8.78 Å². The lowest BCUT2D eigenvalue weighted by Crippen LogP contribution is -2.62. The Balaban J connectivity index is 1.91. The Bertz CT molecular complexity index is 244. The van der Waals surface area contributed by atoms with Crippen LogP contribution in [0.15, 0.2) is 0 Å². The highest BCUT2D eigenvalue weighted by molar-refractivity contribution is 7.96. The molecule has 0 saturated carbocycles. The van der Waals surface area contributed by atoms with Gasteiger partial charge >= 0.3 is 0 Å². The molecule has 0 aromatic rings. The van der Waals surface area contributed by atoms with Crippen molar-refractivity contribution in [2.45, 2.75) is 31.7 Å². The van der Waals surface area contributed by atoms with E-state index < -0.39 is 12.0 Å². The van der Waals surface area contributed by atoms with Gasteiger partial charge in [-0.05, 0) is 18.6 Å². The molecule has 5 heteroatoms. The third kappa shape index (κ3) is 2.36. The van der Waals surface area contributed by atoms with Crippen LogP contribution in [0.1, 0.15) is 19.8 Å². The van der Waals surface area contributed by atoms with Crippen molar-refractivity contribution in [2.75, 3.05) is 32.4 Å². The van der Waals surface area contributed by atoms with E-state index in [9.17, 15) is 8.78 Å². The molecular formula is C11H20F2N2S. The fraction of sp³-hybridized carbons (Fsp3) is 1.00. The van der Waals surface area contributed by atoms with Crippen molar-refractivity contribution in [2.24, 2.45) is 5.92 Å². The Morgan fingerprint density at radius 2 is 2.06 bits per heavy atom. The molecule has 1 unspecified atom stereocenters. The van der Waals surface area contributed by atoms with Crippen LogP contribution >= 0.6 is 11.9 Å². The van der Waals surface area contributed by atoms with Crippen LogP contribution in [0.3, 0.4) is 0 Å². The fourth-order valence-electron chi connectivity index (χ4n) is 2.63. The standard InChI is InChI=1S/C11H20F2N2S/c1-3-9-6-14(7-9)10-4-5-15(16-2)8-11(10,12)13/h9-10H,3-8H2,1-2H3. The Kier molecular flexibility index (Phi) is 3.76. The number of piperidine rings is 1. The summed E-state index contributed by atoms with van der Waals surface area (Å²) in [4.78, 5) is 1.98. The number of alkyl halides is 2. The molecule has 94 valence electrons. The second-order valence-corrected chi connectivity index (χ2v) is 5.72. The van der Waals surface area contributed by atoms with Crippen molar-refractivity contribution < 1.29 is 8.78 Å². The summed E-state index contributed by atoms with van der Waals surface area (Å²) in [6.07, 6.45) is 3.59. The van der Waals surface area contributed by atoms with Gasteiger partial charge in [0, 0.05) is 19.6 Å². The van der Waals surface area contributed by atoms with Gasteiger partial charge in [-0.3, -0.25) is 4.90 Å². The topological polar surface area (TPSA) is 6.48 Å². The predicted molar refractivity (Wildman–Crippen MR) is 63.8 cm³/mol. The quantitative estimate of drug-likeness (QED) is 0.710. The number of likely N-dealkylation sites (tertiary alicyclic amines) is 1. The van der Waals surface area contributed by atoms with Crippen LogP contribution in [-0.2, 0) is 0 Å². The summed E-state index contributed by atoms with van der Waals surface area (Å²) >= 11 is 1.43. The van der Waals surface area contributed by atoms with E-state index in [-0.39, 0.29) is 6.54 Å². The predicted octanol–water partition coefficient (Wildman–Crippen LogP) is 2.32. The lowest BCUT2D eigenvalue weighted by molar-refractivity contribution is -0.136. The molecule has 0 spiro atoms. The second-order valence-electron chi connectivity index (χ2n) is 4.84. The molecule has 0 aromatic carbocycles. The third-order valence-electron chi connectivity index (χ3n) is 3.79. The van der Waals surface area contributed by atoms with Gasteiger partial charge in [-0.25, -0.2) is 13.1 Å². The Labute approximate surface area is 100 Å². The molecule has 0 amide bonds.